The van der Waals surface area contributed by atoms with Crippen LogP contribution < -0.4 is 4.18 Å². The molecular formula is C18H11ClF3N3O3S. The Morgan fingerprint density at radius 2 is 1.86 bits per heavy atom. The maximum atomic E-state index is 12.4. The largest absolute Gasteiger partial charge is 0.534 e. The van der Waals surface area contributed by atoms with Gasteiger partial charge in [0.1, 0.15) is 5.75 Å². The summed E-state index contributed by atoms with van der Waals surface area (Å²) < 4.78 is 64.9. The van der Waals surface area contributed by atoms with Gasteiger partial charge in [0.05, 0.1) is 23.9 Å². The van der Waals surface area contributed by atoms with Crippen LogP contribution in [0.3, 0.4) is 0 Å². The van der Waals surface area contributed by atoms with E-state index in [1.807, 2.05) is 6.07 Å². The molecule has 0 radical (unpaired) electrons. The van der Waals surface area contributed by atoms with Gasteiger partial charge in [-0.25, -0.2) is 4.68 Å². The second kappa shape index (κ2) is 7.77. The second-order valence-electron chi connectivity index (χ2n) is 5.76. The highest BCUT2D eigenvalue weighted by atomic mass is 35.5. The van der Waals surface area contributed by atoms with Gasteiger partial charge in [-0.1, -0.05) is 23.7 Å². The lowest BCUT2D eigenvalue weighted by atomic mass is 10.1. The highest BCUT2D eigenvalue weighted by molar-refractivity contribution is 7.88. The predicted molar refractivity (Wildman–Crippen MR) is 98.9 cm³/mol. The maximum Gasteiger partial charge on any atom is 0.534 e. The summed E-state index contributed by atoms with van der Waals surface area (Å²) in [5, 5.41) is 13.9. The lowest BCUT2D eigenvalue weighted by molar-refractivity contribution is -0.0500. The first kappa shape index (κ1) is 20.7. The van der Waals surface area contributed by atoms with Gasteiger partial charge >= 0.3 is 15.6 Å². The van der Waals surface area contributed by atoms with Gasteiger partial charge in [0.2, 0.25) is 0 Å². The molecular weight excluding hydrogens is 431 g/mol. The van der Waals surface area contributed by atoms with Crippen LogP contribution in [0.1, 0.15) is 5.69 Å². The Bertz CT molecular complexity index is 1180. The predicted octanol–water partition coefficient (Wildman–Crippen LogP) is 4.49. The van der Waals surface area contributed by atoms with Crippen LogP contribution in [-0.4, -0.2) is 23.7 Å². The molecule has 0 N–H and O–H groups in total. The van der Waals surface area contributed by atoms with Crippen LogP contribution in [0.15, 0.2) is 54.7 Å². The van der Waals surface area contributed by atoms with Crippen molar-refractivity contribution in [2.24, 2.45) is 0 Å². The van der Waals surface area contributed by atoms with Crippen LogP contribution >= 0.6 is 11.6 Å². The third-order valence-corrected chi connectivity index (χ3v) is 4.98. The number of halogens is 4. The van der Waals surface area contributed by atoms with Crippen LogP contribution in [0.25, 0.3) is 16.8 Å². The first-order valence-corrected chi connectivity index (χ1v) is 9.72. The molecule has 0 bridgehead atoms. The van der Waals surface area contributed by atoms with Crippen molar-refractivity contribution in [1.82, 2.24) is 9.78 Å². The van der Waals surface area contributed by atoms with E-state index in [4.69, 9.17) is 16.9 Å². The normalized spacial score (nSPS) is 11.8. The van der Waals surface area contributed by atoms with E-state index in [-0.39, 0.29) is 6.42 Å². The summed E-state index contributed by atoms with van der Waals surface area (Å²) in [6.45, 7) is 0. The monoisotopic (exact) mass is 441 g/mol. The first-order valence-electron chi connectivity index (χ1n) is 7.93. The molecule has 6 nitrogen and oxygen atoms in total. The van der Waals surface area contributed by atoms with E-state index in [1.54, 1.807) is 30.5 Å². The van der Waals surface area contributed by atoms with Crippen molar-refractivity contribution < 1.29 is 25.8 Å². The molecule has 0 aliphatic rings. The first-order chi connectivity index (χ1) is 13.6. The lowest BCUT2D eigenvalue weighted by Gasteiger charge is -2.09. The van der Waals surface area contributed by atoms with Crippen LogP contribution in [0.4, 0.5) is 13.2 Å². The molecule has 3 rings (SSSR count). The zero-order valence-electron chi connectivity index (χ0n) is 14.4. The summed E-state index contributed by atoms with van der Waals surface area (Å²) in [4.78, 5) is 0. The molecule has 2 aromatic carbocycles. The Morgan fingerprint density at radius 3 is 2.45 bits per heavy atom. The summed E-state index contributed by atoms with van der Waals surface area (Å²) in [6, 6.07) is 13.8. The third kappa shape index (κ3) is 4.52. The van der Waals surface area contributed by atoms with Gasteiger partial charge in [-0.2, -0.15) is 31.9 Å². The van der Waals surface area contributed by atoms with Crippen molar-refractivity contribution in [3.8, 4) is 28.6 Å². The SMILES string of the molecule is N#CCc1nn(-c2ccc(OS(=O)(=O)C(F)(F)F)cc2)cc1-c1cccc(Cl)c1. The number of nitrogens with zero attached hydrogens (tertiary/aromatic N) is 3. The molecule has 0 saturated carbocycles. The van der Waals surface area contributed by atoms with Crippen LogP contribution in [0.5, 0.6) is 5.75 Å². The number of hydrogen-bond donors (Lipinski definition) is 0. The van der Waals surface area contributed by atoms with Crippen molar-refractivity contribution >= 4 is 21.7 Å². The Kier molecular flexibility index (Phi) is 5.55. The minimum atomic E-state index is -5.75. The average Bonchev–Trinajstić information content (AvgIpc) is 3.05. The molecule has 3 aromatic rings. The highest BCUT2D eigenvalue weighted by Crippen LogP contribution is 2.29. The summed E-state index contributed by atoms with van der Waals surface area (Å²) in [7, 11) is -5.75. The summed E-state index contributed by atoms with van der Waals surface area (Å²) >= 11 is 6.01. The van der Waals surface area contributed by atoms with Crippen molar-refractivity contribution in [2.75, 3.05) is 0 Å². The van der Waals surface area contributed by atoms with Gasteiger partial charge in [0, 0.05) is 16.8 Å². The molecule has 0 aliphatic heterocycles. The van der Waals surface area contributed by atoms with Crippen molar-refractivity contribution in [2.45, 2.75) is 11.9 Å². The number of hydrogen-bond acceptors (Lipinski definition) is 5. The van der Waals surface area contributed by atoms with Gasteiger partial charge in [0.25, 0.3) is 0 Å². The molecule has 1 aromatic heterocycles. The Morgan fingerprint density at radius 1 is 1.17 bits per heavy atom. The van der Waals surface area contributed by atoms with Crippen LogP contribution in [0.2, 0.25) is 5.02 Å². The molecule has 0 amide bonds. The molecule has 0 unspecified atom stereocenters. The topological polar surface area (TPSA) is 85.0 Å². The van der Waals surface area contributed by atoms with Gasteiger partial charge < -0.3 is 4.18 Å². The van der Waals surface area contributed by atoms with Crippen molar-refractivity contribution in [3.05, 3.63) is 65.4 Å². The van der Waals surface area contributed by atoms with E-state index in [2.05, 4.69) is 9.28 Å². The molecule has 1 heterocycles. The van der Waals surface area contributed by atoms with E-state index >= 15 is 0 Å². The Balaban J connectivity index is 1.93. The van der Waals surface area contributed by atoms with Crippen molar-refractivity contribution in [3.63, 3.8) is 0 Å². The Hall–Kier alpha value is -3.03. The maximum absolute atomic E-state index is 12.4. The van der Waals surface area contributed by atoms with Gasteiger partial charge in [0.15, 0.2) is 0 Å². The Labute approximate surface area is 168 Å². The van der Waals surface area contributed by atoms with Gasteiger partial charge in [-0.05, 0) is 42.0 Å². The van der Waals surface area contributed by atoms with Crippen LogP contribution in [-0.2, 0) is 16.5 Å². The molecule has 0 atom stereocenters. The quantitative estimate of drug-likeness (QED) is 0.430. The van der Waals surface area contributed by atoms with E-state index in [1.165, 1.54) is 16.8 Å². The summed E-state index contributed by atoms with van der Waals surface area (Å²) in [5.41, 5.74) is -3.21. The van der Waals surface area contributed by atoms with E-state index in [0.29, 0.717) is 22.0 Å². The molecule has 0 aliphatic carbocycles. The van der Waals surface area contributed by atoms with E-state index in [9.17, 15) is 21.6 Å². The molecule has 0 saturated heterocycles. The van der Waals surface area contributed by atoms with E-state index in [0.717, 1.165) is 17.7 Å². The zero-order valence-corrected chi connectivity index (χ0v) is 16.0. The molecule has 0 spiro atoms. The molecule has 11 heteroatoms. The smallest absolute Gasteiger partial charge is 0.376 e. The molecule has 150 valence electrons. The molecule has 0 fully saturated rings. The highest BCUT2D eigenvalue weighted by Gasteiger charge is 2.48. The number of nitriles is 1. The van der Waals surface area contributed by atoms with Gasteiger partial charge in [-0.15, -0.1) is 0 Å². The minimum absolute atomic E-state index is 0.0276. The van der Waals surface area contributed by atoms with Crippen LogP contribution in [0, 0.1) is 11.3 Å². The number of benzene rings is 2. The van der Waals surface area contributed by atoms with Crippen molar-refractivity contribution in [1.29, 1.82) is 5.26 Å². The zero-order chi connectivity index (χ0) is 21.2. The number of alkyl halides is 3. The summed E-state index contributed by atoms with van der Waals surface area (Å²) in [6.07, 6.45) is 1.67. The number of aromatic nitrogens is 2. The third-order valence-electron chi connectivity index (χ3n) is 3.76. The molecule has 29 heavy (non-hydrogen) atoms. The number of rotatable bonds is 5. The standard InChI is InChI=1S/C18H11ClF3N3O3S/c19-13-3-1-2-12(10-13)16-11-25(24-17(16)8-9-23)14-4-6-15(7-5-14)28-29(26,27)18(20,21)22/h1-7,10-11H,8H2. The fourth-order valence-electron chi connectivity index (χ4n) is 2.47. The summed E-state index contributed by atoms with van der Waals surface area (Å²) in [5.74, 6) is -0.495. The lowest BCUT2D eigenvalue weighted by Crippen LogP contribution is -2.28. The van der Waals surface area contributed by atoms with E-state index < -0.39 is 21.4 Å². The average molecular weight is 442 g/mol. The second-order valence-corrected chi connectivity index (χ2v) is 7.73. The minimum Gasteiger partial charge on any atom is -0.376 e. The fraction of sp³-hybridized carbons (Fsp3) is 0.111. The van der Waals surface area contributed by atoms with Gasteiger partial charge in [-0.3, -0.25) is 0 Å². The fourth-order valence-corrected chi connectivity index (χ4v) is 3.12.